The molecule has 172 valence electrons. The van der Waals surface area contributed by atoms with E-state index in [2.05, 4.69) is 41.7 Å². The summed E-state index contributed by atoms with van der Waals surface area (Å²) in [5.41, 5.74) is 5.51. The summed E-state index contributed by atoms with van der Waals surface area (Å²) in [5.74, 6) is -0.0313. The topological polar surface area (TPSA) is 69.7 Å². The predicted octanol–water partition coefficient (Wildman–Crippen LogP) is 4.38. The van der Waals surface area contributed by atoms with E-state index in [4.69, 9.17) is 0 Å². The van der Waals surface area contributed by atoms with Crippen LogP contribution >= 0.6 is 0 Å². The number of anilines is 2. The number of carbonyl (C=O) groups excluding carboxylic acids is 1. The highest BCUT2D eigenvalue weighted by Gasteiger charge is 2.24. The number of aryl methyl sites for hydroxylation is 2. The summed E-state index contributed by atoms with van der Waals surface area (Å²) in [7, 11) is -3.68. The lowest BCUT2D eigenvalue weighted by molar-refractivity contribution is 0.0746. The second-order valence-corrected chi connectivity index (χ2v) is 10.1. The zero-order valence-electron chi connectivity index (χ0n) is 19.2. The molecule has 0 unspecified atom stereocenters. The smallest absolute Gasteiger partial charge is 0.261 e. The van der Waals surface area contributed by atoms with Gasteiger partial charge in [-0.3, -0.25) is 9.52 Å². The number of sulfonamides is 1. The summed E-state index contributed by atoms with van der Waals surface area (Å²) in [6.07, 6.45) is 0. The Morgan fingerprint density at radius 1 is 0.818 bits per heavy atom. The minimum atomic E-state index is -3.68. The Kier molecular flexibility index (Phi) is 6.42. The predicted molar refractivity (Wildman–Crippen MR) is 132 cm³/mol. The molecule has 6 nitrogen and oxygen atoms in total. The molecule has 0 saturated carbocycles. The van der Waals surface area contributed by atoms with Gasteiger partial charge in [-0.25, -0.2) is 8.42 Å². The number of benzene rings is 3. The normalized spacial score (nSPS) is 14.3. The summed E-state index contributed by atoms with van der Waals surface area (Å²) in [6.45, 7) is 8.91. The fourth-order valence-corrected chi connectivity index (χ4v) is 5.28. The Balaban J connectivity index is 1.43. The summed E-state index contributed by atoms with van der Waals surface area (Å²) in [5, 5.41) is 0. The van der Waals surface area contributed by atoms with E-state index in [1.165, 1.54) is 16.8 Å². The molecule has 0 atom stereocenters. The van der Waals surface area contributed by atoms with Crippen LogP contribution in [0.1, 0.15) is 27.0 Å². The molecule has 3 aromatic rings. The van der Waals surface area contributed by atoms with Gasteiger partial charge in [-0.15, -0.1) is 0 Å². The van der Waals surface area contributed by atoms with Crippen LogP contribution in [0.2, 0.25) is 0 Å². The highest BCUT2D eigenvalue weighted by atomic mass is 32.2. The van der Waals surface area contributed by atoms with E-state index in [1.807, 2.05) is 4.90 Å². The number of rotatable bonds is 5. The van der Waals surface area contributed by atoms with Gasteiger partial charge in [-0.05, 0) is 73.9 Å². The summed E-state index contributed by atoms with van der Waals surface area (Å²) >= 11 is 0. The molecule has 1 fully saturated rings. The molecular weight excluding hydrogens is 434 g/mol. The van der Waals surface area contributed by atoms with Gasteiger partial charge in [0.2, 0.25) is 0 Å². The molecule has 0 bridgehead atoms. The number of nitrogens with zero attached hydrogens (tertiary/aromatic N) is 2. The molecule has 4 rings (SSSR count). The van der Waals surface area contributed by atoms with Gasteiger partial charge in [0.1, 0.15) is 0 Å². The number of nitrogens with one attached hydrogen (secondary N) is 1. The molecule has 0 radical (unpaired) electrons. The molecule has 1 N–H and O–H groups in total. The van der Waals surface area contributed by atoms with Crippen LogP contribution in [0.5, 0.6) is 0 Å². The van der Waals surface area contributed by atoms with E-state index in [0.717, 1.165) is 13.1 Å². The zero-order valence-corrected chi connectivity index (χ0v) is 20.0. The molecule has 1 heterocycles. The van der Waals surface area contributed by atoms with Crippen molar-refractivity contribution in [3.8, 4) is 0 Å². The van der Waals surface area contributed by atoms with Gasteiger partial charge in [0.05, 0.1) is 10.6 Å². The minimum Gasteiger partial charge on any atom is -0.368 e. The van der Waals surface area contributed by atoms with Crippen molar-refractivity contribution in [2.75, 3.05) is 35.8 Å². The fourth-order valence-electron chi connectivity index (χ4n) is 4.13. The first kappa shape index (κ1) is 22.9. The number of carbonyl (C=O) groups is 1. The van der Waals surface area contributed by atoms with Crippen molar-refractivity contribution in [3.05, 3.63) is 89.0 Å². The van der Waals surface area contributed by atoms with Gasteiger partial charge < -0.3 is 9.80 Å². The Bertz CT molecular complexity index is 1270. The van der Waals surface area contributed by atoms with Crippen molar-refractivity contribution in [1.29, 1.82) is 0 Å². The summed E-state index contributed by atoms with van der Waals surface area (Å²) in [4.78, 5) is 17.5. The maximum atomic E-state index is 13.1. The molecule has 1 aliphatic rings. The molecule has 1 amide bonds. The second-order valence-electron chi connectivity index (χ2n) is 8.45. The van der Waals surface area contributed by atoms with E-state index in [9.17, 15) is 13.2 Å². The lowest BCUT2D eigenvalue weighted by Crippen LogP contribution is -2.49. The molecular formula is C26H29N3O3S. The highest BCUT2D eigenvalue weighted by Crippen LogP contribution is 2.25. The van der Waals surface area contributed by atoms with Gasteiger partial charge >= 0.3 is 0 Å². The van der Waals surface area contributed by atoms with Crippen molar-refractivity contribution < 1.29 is 13.2 Å². The van der Waals surface area contributed by atoms with Crippen LogP contribution in [0.25, 0.3) is 0 Å². The summed E-state index contributed by atoms with van der Waals surface area (Å²) < 4.78 is 27.9. The largest absolute Gasteiger partial charge is 0.368 e. The first-order valence-electron chi connectivity index (χ1n) is 11.1. The number of hydrogen-bond donors (Lipinski definition) is 1. The van der Waals surface area contributed by atoms with Crippen molar-refractivity contribution in [3.63, 3.8) is 0 Å². The monoisotopic (exact) mass is 463 g/mol. The number of hydrogen-bond acceptors (Lipinski definition) is 4. The third kappa shape index (κ3) is 4.88. The fraction of sp³-hybridized carbons (Fsp3) is 0.269. The average molecular weight is 464 g/mol. The van der Waals surface area contributed by atoms with Crippen LogP contribution in [0, 0.1) is 20.8 Å². The van der Waals surface area contributed by atoms with Crippen molar-refractivity contribution >= 4 is 27.3 Å². The maximum Gasteiger partial charge on any atom is 0.261 e. The first-order valence-corrected chi connectivity index (χ1v) is 12.5. The van der Waals surface area contributed by atoms with Gasteiger partial charge in [0, 0.05) is 37.4 Å². The van der Waals surface area contributed by atoms with E-state index < -0.39 is 10.0 Å². The Morgan fingerprint density at radius 3 is 2.18 bits per heavy atom. The SMILES string of the molecule is Cc1cc(C(=O)N2CCN(c3cccc(C)c3C)CC2)ccc1NS(=O)(=O)c1ccccc1. The third-order valence-corrected chi connectivity index (χ3v) is 7.64. The van der Waals surface area contributed by atoms with Gasteiger partial charge in [0.15, 0.2) is 0 Å². The van der Waals surface area contributed by atoms with Crippen LogP contribution < -0.4 is 9.62 Å². The number of piperazine rings is 1. The van der Waals surface area contributed by atoms with E-state index in [1.54, 1.807) is 55.5 Å². The standard InChI is InChI=1S/C26H29N3O3S/c1-19-8-7-11-25(21(19)3)28-14-16-29(17-15-28)26(30)22-12-13-24(20(2)18-22)27-33(31,32)23-9-5-4-6-10-23/h4-13,18,27H,14-17H2,1-3H3. The van der Waals surface area contributed by atoms with Crippen LogP contribution in [-0.4, -0.2) is 45.4 Å². The Hall–Kier alpha value is -3.32. The summed E-state index contributed by atoms with van der Waals surface area (Å²) in [6, 6.07) is 19.7. The Morgan fingerprint density at radius 2 is 1.52 bits per heavy atom. The van der Waals surface area contributed by atoms with Gasteiger partial charge in [0.25, 0.3) is 15.9 Å². The van der Waals surface area contributed by atoms with Gasteiger partial charge in [-0.1, -0.05) is 30.3 Å². The molecule has 1 saturated heterocycles. The lowest BCUT2D eigenvalue weighted by atomic mass is 10.1. The van der Waals surface area contributed by atoms with Crippen molar-refractivity contribution in [2.24, 2.45) is 0 Å². The molecule has 0 aromatic heterocycles. The molecule has 0 aliphatic carbocycles. The second kappa shape index (κ2) is 9.27. The van der Waals surface area contributed by atoms with E-state index in [-0.39, 0.29) is 10.8 Å². The minimum absolute atomic E-state index is 0.0313. The van der Waals surface area contributed by atoms with E-state index in [0.29, 0.717) is 29.9 Å². The Labute approximate surface area is 195 Å². The third-order valence-electron chi connectivity index (χ3n) is 6.25. The molecule has 3 aromatic carbocycles. The van der Waals surface area contributed by atoms with Crippen LogP contribution in [0.15, 0.2) is 71.6 Å². The van der Waals surface area contributed by atoms with Crippen LogP contribution in [-0.2, 0) is 10.0 Å². The first-order chi connectivity index (χ1) is 15.8. The molecule has 7 heteroatoms. The number of amides is 1. The van der Waals surface area contributed by atoms with Crippen molar-refractivity contribution in [2.45, 2.75) is 25.7 Å². The van der Waals surface area contributed by atoms with Crippen molar-refractivity contribution in [1.82, 2.24) is 4.90 Å². The lowest BCUT2D eigenvalue weighted by Gasteiger charge is -2.37. The quantitative estimate of drug-likeness (QED) is 0.610. The molecule has 0 spiro atoms. The van der Waals surface area contributed by atoms with Gasteiger partial charge in [-0.2, -0.15) is 0 Å². The molecule has 33 heavy (non-hydrogen) atoms. The van der Waals surface area contributed by atoms with Crippen LogP contribution in [0.4, 0.5) is 11.4 Å². The maximum absolute atomic E-state index is 13.1. The van der Waals surface area contributed by atoms with Crippen LogP contribution in [0.3, 0.4) is 0 Å². The highest BCUT2D eigenvalue weighted by molar-refractivity contribution is 7.92. The average Bonchev–Trinajstić information content (AvgIpc) is 2.82. The molecule has 1 aliphatic heterocycles. The van der Waals surface area contributed by atoms with E-state index >= 15 is 0 Å². The zero-order chi connectivity index (χ0) is 23.6.